The molecular formula is C15H29NO2. The Morgan fingerprint density at radius 2 is 1.83 bits per heavy atom. The first-order chi connectivity index (χ1) is 8.77. The molecule has 1 saturated carbocycles. The summed E-state index contributed by atoms with van der Waals surface area (Å²) in [4.78, 5) is 13.9. The monoisotopic (exact) mass is 255 g/mol. The van der Waals surface area contributed by atoms with Crippen molar-refractivity contribution >= 4 is 6.09 Å². The molecule has 0 N–H and O–H groups in total. The number of hydrogen-bond acceptors (Lipinski definition) is 2. The van der Waals surface area contributed by atoms with E-state index in [1.54, 1.807) is 0 Å². The van der Waals surface area contributed by atoms with Gasteiger partial charge in [-0.25, -0.2) is 4.79 Å². The molecule has 0 aromatic rings. The van der Waals surface area contributed by atoms with Crippen LogP contribution in [0, 0.1) is 5.92 Å². The highest BCUT2D eigenvalue weighted by Gasteiger charge is 2.18. The molecule has 0 aliphatic heterocycles. The van der Waals surface area contributed by atoms with Crippen molar-refractivity contribution in [3.8, 4) is 0 Å². The summed E-state index contributed by atoms with van der Waals surface area (Å²) in [7, 11) is 0. The van der Waals surface area contributed by atoms with Gasteiger partial charge in [0.05, 0.1) is 6.61 Å². The molecule has 0 atom stereocenters. The molecular weight excluding hydrogens is 226 g/mol. The van der Waals surface area contributed by atoms with Crippen molar-refractivity contribution in [3.05, 3.63) is 0 Å². The van der Waals surface area contributed by atoms with Gasteiger partial charge in [0.1, 0.15) is 0 Å². The first-order valence-corrected chi connectivity index (χ1v) is 7.69. The highest BCUT2D eigenvalue weighted by Crippen LogP contribution is 2.23. The summed E-state index contributed by atoms with van der Waals surface area (Å²) in [6, 6.07) is 0. The van der Waals surface area contributed by atoms with Crippen molar-refractivity contribution in [2.75, 3.05) is 19.7 Å². The number of amides is 1. The Morgan fingerprint density at radius 1 is 1.11 bits per heavy atom. The van der Waals surface area contributed by atoms with E-state index in [9.17, 15) is 4.79 Å². The second-order valence-corrected chi connectivity index (χ2v) is 5.42. The first kappa shape index (κ1) is 15.3. The summed E-state index contributed by atoms with van der Waals surface area (Å²) in [5, 5.41) is 0. The lowest BCUT2D eigenvalue weighted by molar-refractivity contribution is 0.0799. The van der Waals surface area contributed by atoms with Gasteiger partial charge in [0.2, 0.25) is 0 Å². The summed E-state index contributed by atoms with van der Waals surface area (Å²) < 4.78 is 5.48. The quantitative estimate of drug-likeness (QED) is 0.682. The van der Waals surface area contributed by atoms with Gasteiger partial charge in [-0.1, -0.05) is 39.5 Å². The van der Waals surface area contributed by atoms with E-state index in [2.05, 4.69) is 13.8 Å². The maximum atomic E-state index is 12.0. The van der Waals surface area contributed by atoms with Crippen LogP contribution >= 0.6 is 0 Å². The van der Waals surface area contributed by atoms with Gasteiger partial charge in [-0.15, -0.1) is 0 Å². The van der Waals surface area contributed by atoms with Crippen molar-refractivity contribution in [1.82, 2.24) is 4.90 Å². The minimum Gasteiger partial charge on any atom is -0.449 e. The third-order valence-corrected chi connectivity index (χ3v) is 3.70. The van der Waals surface area contributed by atoms with Crippen molar-refractivity contribution < 1.29 is 9.53 Å². The van der Waals surface area contributed by atoms with Crippen LogP contribution in [0.25, 0.3) is 0 Å². The molecule has 0 heterocycles. The average Bonchev–Trinajstić information content (AvgIpc) is 2.42. The lowest BCUT2D eigenvalue weighted by Gasteiger charge is -2.25. The largest absolute Gasteiger partial charge is 0.449 e. The SMILES string of the molecule is CCCCN(CCC)C(=O)OCC1CCCCC1. The van der Waals surface area contributed by atoms with Gasteiger partial charge in [0.15, 0.2) is 0 Å². The van der Waals surface area contributed by atoms with Crippen LogP contribution < -0.4 is 0 Å². The number of carbonyl (C=O) groups excluding carboxylic acids is 1. The topological polar surface area (TPSA) is 29.5 Å². The van der Waals surface area contributed by atoms with Crippen LogP contribution in [0.15, 0.2) is 0 Å². The molecule has 0 spiro atoms. The van der Waals surface area contributed by atoms with Crippen LogP contribution in [0.3, 0.4) is 0 Å². The zero-order valence-electron chi connectivity index (χ0n) is 12.1. The van der Waals surface area contributed by atoms with E-state index < -0.39 is 0 Å². The molecule has 0 aromatic heterocycles. The molecule has 1 fully saturated rings. The lowest BCUT2D eigenvalue weighted by atomic mass is 9.90. The van der Waals surface area contributed by atoms with E-state index in [1.165, 1.54) is 32.1 Å². The van der Waals surface area contributed by atoms with Gasteiger partial charge < -0.3 is 9.64 Å². The van der Waals surface area contributed by atoms with Crippen molar-refractivity contribution in [2.24, 2.45) is 5.92 Å². The number of rotatable bonds is 7. The Bertz CT molecular complexity index is 225. The van der Waals surface area contributed by atoms with Gasteiger partial charge in [0, 0.05) is 13.1 Å². The minimum atomic E-state index is -0.101. The summed E-state index contributed by atoms with van der Waals surface area (Å²) in [6.07, 6.45) is 9.51. The molecule has 3 nitrogen and oxygen atoms in total. The van der Waals surface area contributed by atoms with E-state index in [0.717, 1.165) is 32.4 Å². The number of hydrogen-bond donors (Lipinski definition) is 0. The Hall–Kier alpha value is -0.730. The Labute approximate surface area is 112 Å². The van der Waals surface area contributed by atoms with Gasteiger partial charge in [-0.05, 0) is 31.6 Å². The number of unbranched alkanes of at least 4 members (excludes halogenated alkanes) is 1. The summed E-state index contributed by atoms with van der Waals surface area (Å²) in [5.41, 5.74) is 0. The second kappa shape index (κ2) is 9.23. The van der Waals surface area contributed by atoms with Gasteiger partial charge >= 0.3 is 6.09 Å². The molecule has 1 aliphatic carbocycles. The van der Waals surface area contributed by atoms with Crippen LogP contribution in [-0.2, 0) is 4.74 Å². The van der Waals surface area contributed by atoms with Gasteiger partial charge in [-0.2, -0.15) is 0 Å². The van der Waals surface area contributed by atoms with E-state index in [4.69, 9.17) is 4.74 Å². The van der Waals surface area contributed by atoms with Crippen LogP contribution in [0.1, 0.15) is 65.2 Å². The Morgan fingerprint density at radius 3 is 2.44 bits per heavy atom. The minimum absolute atomic E-state index is 0.101. The number of carbonyl (C=O) groups is 1. The maximum absolute atomic E-state index is 12.0. The highest BCUT2D eigenvalue weighted by atomic mass is 16.6. The van der Waals surface area contributed by atoms with Crippen molar-refractivity contribution in [3.63, 3.8) is 0 Å². The first-order valence-electron chi connectivity index (χ1n) is 7.69. The van der Waals surface area contributed by atoms with E-state index in [-0.39, 0.29) is 6.09 Å². The van der Waals surface area contributed by atoms with E-state index >= 15 is 0 Å². The fourth-order valence-electron chi connectivity index (χ4n) is 2.55. The molecule has 0 aromatic carbocycles. The number of ether oxygens (including phenoxy) is 1. The highest BCUT2D eigenvalue weighted by molar-refractivity contribution is 5.67. The normalized spacial score (nSPS) is 16.6. The van der Waals surface area contributed by atoms with Crippen molar-refractivity contribution in [1.29, 1.82) is 0 Å². The summed E-state index contributed by atoms with van der Waals surface area (Å²) in [6.45, 7) is 6.55. The molecule has 0 saturated heterocycles. The molecule has 1 aliphatic rings. The van der Waals surface area contributed by atoms with Gasteiger partial charge in [-0.3, -0.25) is 0 Å². The standard InChI is InChI=1S/C15H29NO2/c1-3-5-12-16(11-4-2)15(17)18-13-14-9-7-6-8-10-14/h14H,3-13H2,1-2H3. The molecule has 0 bridgehead atoms. The molecule has 106 valence electrons. The Balaban J connectivity index is 2.26. The predicted octanol–water partition coefficient (Wildman–Crippen LogP) is 4.22. The fraction of sp³-hybridized carbons (Fsp3) is 0.933. The third kappa shape index (κ3) is 5.74. The van der Waals surface area contributed by atoms with E-state index in [0.29, 0.717) is 12.5 Å². The van der Waals surface area contributed by atoms with Crippen LogP contribution in [0.5, 0.6) is 0 Å². The zero-order valence-corrected chi connectivity index (χ0v) is 12.1. The van der Waals surface area contributed by atoms with Crippen LogP contribution in [0.2, 0.25) is 0 Å². The summed E-state index contributed by atoms with van der Waals surface area (Å²) in [5.74, 6) is 0.609. The van der Waals surface area contributed by atoms with Crippen LogP contribution in [-0.4, -0.2) is 30.7 Å². The molecule has 0 unspecified atom stereocenters. The Kier molecular flexibility index (Phi) is 7.86. The van der Waals surface area contributed by atoms with Gasteiger partial charge in [0.25, 0.3) is 0 Å². The average molecular weight is 255 g/mol. The number of nitrogens with zero attached hydrogens (tertiary/aromatic N) is 1. The second-order valence-electron chi connectivity index (χ2n) is 5.42. The molecule has 1 rings (SSSR count). The zero-order chi connectivity index (χ0) is 13.2. The molecule has 3 heteroatoms. The molecule has 1 amide bonds. The molecule has 0 radical (unpaired) electrons. The summed E-state index contributed by atoms with van der Waals surface area (Å²) >= 11 is 0. The van der Waals surface area contributed by atoms with Crippen molar-refractivity contribution in [2.45, 2.75) is 65.2 Å². The maximum Gasteiger partial charge on any atom is 0.409 e. The fourth-order valence-corrected chi connectivity index (χ4v) is 2.55. The third-order valence-electron chi connectivity index (χ3n) is 3.70. The lowest BCUT2D eigenvalue weighted by Crippen LogP contribution is -2.34. The van der Waals surface area contributed by atoms with E-state index in [1.807, 2.05) is 4.90 Å². The predicted molar refractivity (Wildman–Crippen MR) is 74.7 cm³/mol. The van der Waals surface area contributed by atoms with Crippen LogP contribution in [0.4, 0.5) is 4.79 Å². The smallest absolute Gasteiger partial charge is 0.409 e. The molecule has 18 heavy (non-hydrogen) atoms.